The number of hydrogen-bond acceptors (Lipinski definition) is 5. The molecule has 3 rings (SSSR count). The van der Waals surface area contributed by atoms with Crippen LogP contribution >= 0.6 is 0 Å². The summed E-state index contributed by atoms with van der Waals surface area (Å²) >= 11 is 0. The van der Waals surface area contributed by atoms with Crippen LogP contribution in [0.1, 0.15) is 47.4 Å². The van der Waals surface area contributed by atoms with E-state index in [-0.39, 0.29) is 17.9 Å². The minimum absolute atomic E-state index is 0.0306. The fraction of sp³-hybridized carbons (Fsp3) is 0.429. The lowest BCUT2D eigenvalue weighted by atomic mass is 10.0. The van der Waals surface area contributed by atoms with E-state index in [4.69, 9.17) is 13.9 Å². The molecule has 0 unspecified atom stereocenters. The van der Waals surface area contributed by atoms with Gasteiger partial charge >= 0.3 is 0 Å². The fourth-order valence-electron chi connectivity index (χ4n) is 3.26. The SMILES string of the molecule is CCOc1ccc(C(=O)NC2CCN(C(=O)c3ccoc3)CC2)cc1OCC. The first-order valence-corrected chi connectivity index (χ1v) is 9.64. The molecule has 7 nitrogen and oxygen atoms in total. The molecule has 2 heterocycles. The maximum atomic E-state index is 12.6. The number of carbonyl (C=O) groups is 2. The van der Waals surface area contributed by atoms with Gasteiger partial charge in [-0.2, -0.15) is 0 Å². The van der Waals surface area contributed by atoms with E-state index in [9.17, 15) is 9.59 Å². The highest BCUT2D eigenvalue weighted by Gasteiger charge is 2.25. The smallest absolute Gasteiger partial charge is 0.257 e. The molecular formula is C21H26N2O5. The van der Waals surface area contributed by atoms with Crippen molar-refractivity contribution in [2.45, 2.75) is 32.7 Å². The van der Waals surface area contributed by atoms with Crippen LogP contribution in [-0.4, -0.2) is 49.1 Å². The molecular weight excluding hydrogens is 360 g/mol. The molecule has 0 aliphatic carbocycles. The highest BCUT2D eigenvalue weighted by molar-refractivity contribution is 5.95. The predicted molar refractivity (Wildman–Crippen MR) is 104 cm³/mol. The number of carbonyl (C=O) groups excluding carboxylic acids is 2. The summed E-state index contributed by atoms with van der Waals surface area (Å²) in [6.07, 6.45) is 4.38. The van der Waals surface area contributed by atoms with Gasteiger partial charge in [0.15, 0.2) is 11.5 Å². The first-order valence-electron chi connectivity index (χ1n) is 9.64. The molecule has 1 aromatic heterocycles. The van der Waals surface area contributed by atoms with E-state index in [2.05, 4.69) is 5.32 Å². The zero-order valence-electron chi connectivity index (χ0n) is 16.3. The van der Waals surface area contributed by atoms with Gasteiger partial charge in [-0.05, 0) is 51.0 Å². The van der Waals surface area contributed by atoms with Crippen molar-refractivity contribution < 1.29 is 23.5 Å². The topological polar surface area (TPSA) is 81.0 Å². The largest absolute Gasteiger partial charge is 0.490 e. The van der Waals surface area contributed by atoms with Crippen molar-refractivity contribution in [3.05, 3.63) is 47.9 Å². The number of hydrogen-bond donors (Lipinski definition) is 1. The van der Waals surface area contributed by atoms with Gasteiger partial charge in [0.1, 0.15) is 6.26 Å². The van der Waals surface area contributed by atoms with Gasteiger partial charge in [0.05, 0.1) is 25.0 Å². The zero-order chi connectivity index (χ0) is 19.9. The van der Waals surface area contributed by atoms with E-state index < -0.39 is 0 Å². The second-order valence-corrected chi connectivity index (χ2v) is 6.58. The summed E-state index contributed by atoms with van der Waals surface area (Å²) in [6.45, 7) is 6.02. The average molecular weight is 386 g/mol. The van der Waals surface area contributed by atoms with Crippen molar-refractivity contribution in [2.24, 2.45) is 0 Å². The quantitative estimate of drug-likeness (QED) is 0.791. The number of benzene rings is 1. The van der Waals surface area contributed by atoms with Crippen molar-refractivity contribution in [1.82, 2.24) is 10.2 Å². The lowest BCUT2D eigenvalue weighted by Crippen LogP contribution is -2.46. The molecule has 1 saturated heterocycles. The van der Waals surface area contributed by atoms with E-state index in [1.807, 2.05) is 13.8 Å². The molecule has 0 bridgehead atoms. The van der Waals surface area contributed by atoms with Crippen molar-refractivity contribution >= 4 is 11.8 Å². The maximum Gasteiger partial charge on any atom is 0.257 e. The lowest BCUT2D eigenvalue weighted by molar-refractivity contribution is 0.0697. The van der Waals surface area contributed by atoms with E-state index in [1.54, 1.807) is 29.2 Å². The Kier molecular flexibility index (Phi) is 6.57. The first-order chi connectivity index (χ1) is 13.6. The molecule has 28 heavy (non-hydrogen) atoms. The number of likely N-dealkylation sites (tertiary alicyclic amines) is 1. The molecule has 2 aromatic rings. The molecule has 2 amide bonds. The van der Waals surface area contributed by atoms with Crippen LogP contribution in [0, 0.1) is 0 Å². The third-order valence-corrected chi connectivity index (χ3v) is 4.69. The van der Waals surface area contributed by atoms with Gasteiger partial charge in [-0.15, -0.1) is 0 Å². The van der Waals surface area contributed by atoms with Gasteiger partial charge in [0.2, 0.25) is 0 Å². The predicted octanol–water partition coefficient (Wildman–Crippen LogP) is 3.11. The summed E-state index contributed by atoms with van der Waals surface area (Å²) in [5, 5.41) is 3.06. The normalized spacial score (nSPS) is 14.6. The van der Waals surface area contributed by atoms with Crippen LogP contribution in [0.25, 0.3) is 0 Å². The number of nitrogens with zero attached hydrogens (tertiary/aromatic N) is 1. The Morgan fingerprint density at radius 1 is 1.07 bits per heavy atom. The lowest BCUT2D eigenvalue weighted by Gasteiger charge is -2.32. The second-order valence-electron chi connectivity index (χ2n) is 6.58. The van der Waals surface area contributed by atoms with Crippen molar-refractivity contribution in [3.8, 4) is 11.5 Å². The van der Waals surface area contributed by atoms with E-state index in [0.29, 0.717) is 61.8 Å². The van der Waals surface area contributed by atoms with Crippen LogP contribution in [0.5, 0.6) is 11.5 Å². The van der Waals surface area contributed by atoms with Gasteiger partial charge in [0, 0.05) is 24.7 Å². The molecule has 0 radical (unpaired) electrons. The fourth-order valence-corrected chi connectivity index (χ4v) is 3.26. The summed E-state index contributed by atoms with van der Waals surface area (Å²) in [5.74, 6) is 1.01. The Morgan fingerprint density at radius 2 is 1.79 bits per heavy atom. The minimum atomic E-state index is -0.149. The van der Waals surface area contributed by atoms with Crippen LogP contribution < -0.4 is 14.8 Å². The van der Waals surface area contributed by atoms with Crippen LogP contribution in [0.3, 0.4) is 0 Å². The molecule has 1 N–H and O–H groups in total. The van der Waals surface area contributed by atoms with Crippen molar-refractivity contribution in [2.75, 3.05) is 26.3 Å². The summed E-state index contributed by atoms with van der Waals surface area (Å²) < 4.78 is 16.1. The number of rotatable bonds is 7. The van der Waals surface area contributed by atoms with Gasteiger partial charge in [-0.1, -0.05) is 0 Å². The van der Waals surface area contributed by atoms with Gasteiger partial charge in [0.25, 0.3) is 11.8 Å². The zero-order valence-corrected chi connectivity index (χ0v) is 16.3. The van der Waals surface area contributed by atoms with E-state index in [0.717, 1.165) is 0 Å². The number of nitrogens with one attached hydrogen (secondary N) is 1. The highest BCUT2D eigenvalue weighted by atomic mass is 16.5. The molecule has 150 valence electrons. The summed E-state index contributed by atoms with van der Waals surface area (Å²) in [6, 6.07) is 6.90. The highest BCUT2D eigenvalue weighted by Crippen LogP contribution is 2.28. The molecule has 1 fully saturated rings. The number of furan rings is 1. The molecule has 7 heteroatoms. The Labute approximate surface area is 164 Å². The van der Waals surface area contributed by atoms with Crippen LogP contribution in [0.4, 0.5) is 0 Å². The van der Waals surface area contributed by atoms with Crippen LogP contribution in [0.15, 0.2) is 41.2 Å². The maximum absolute atomic E-state index is 12.6. The molecule has 0 atom stereocenters. The Balaban J connectivity index is 1.57. The minimum Gasteiger partial charge on any atom is -0.490 e. The molecule has 1 aromatic carbocycles. The standard InChI is InChI=1S/C21H26N2O5/c1-3-27-18-6-5-15(13-19(18)28-4-2)20(24)22-17-7-10-23(11-8-17)21(25)16-9-12-26-14-16/h5-6,9,12-14,17H,3-4,7-8,10-11H2,1-2H3,(H,22,24). The van der Waals surface area contributed by atoms with Crippen molar-refractivity contribution in [3.63, 3.8) is 0 Å². The summed E-state index contributed by atoms with van der Waals surface area (Å²) in [7, 11) is 0. The van der Waals surface area contributed by atoms with Gasteiger partial charge in [-0.3, -0.25) is 9.59 Å². The second kappa shape index (κ2) is 9.30. The van der Waals surface area contributed by atoms with Gasteiger partial charge < -0.3 is 24.1 Å². The Hall–Kier alpha value is -2.96. The Bertz CT molecular complexity index is 795. The molecule has 0 spiro atoms. The molecule has 1 aliphatic heterocycles. The Morgan fingerprint density at radius 3 is 2.43 bits per heavy atom. The third kappa shape index (κ3) is 4.65. The molecule has 0 saturated carbocycles. The van der Waals surface area contributed by atoms with Crippen LogP contribution in [-0.2, 0) is 0 Å². The van der Waals surface area contributed by atoms with Crippen LogP contribution in [0.2, 0.25) is 0 Å². The average Bonchev–Trinajstić information content (AvgIpc) is 3.24. The van der Waals surface area contributed by atoms with E-state index in [1.165, 1.54) is 12.5 Å². The van der Waals surface area contributed by atoms with Gasteiger partial charge in [-0.25, -0.2) is 0 Å². The summed E-state index contributed by atoms with van der Waals surface area (Å²) in [5.41, 5.74) is 1.09. The third-order valence-electron chi connectivity index (χ3n) is 4.69. The van der Waals surface area contributed by atoms with E-state index >= 15 is 0 Å². The molecule has 1 aliphatic rings. The first kappa shape index (κ1) is 19.8. The number of ether oxygens (including phenoxy) is 2. The number of amides is 2. The summed E-state index contributed by atoms with van der Waals surface area (Å²) in [4.78, 5) is 26.8. The van der Waals surface area contributed by atoms with Crippen molar-refractivity contribution in [1.29, 1.82) is 0 Å². The monoisotopic (exact) mass is 386 g/mol. The number of piperidine rings is 1.